The zero-order valence-electron chi connectivity index (χ0n) is 22.9. The molecule has 4 aliphatic carbocycles. The Morgan fingerprint density at radius 1 is 0.971 bits per heavy atom. The molecular weight excluding hydrogens is 424 g/mol. The first kappa shape index (κ1) is 26.6. The monoisotopic (exact) mass is 476 g/mol. The molecule has 0 aliphatic heterocycles. The van der Waals surface area contributed by atoms with Crippen molar-refractivity contribution in [2.75, 3.05) is 0 Å². The molecule has 196 valence electrons. The topological polar surface area (TPSA) is 80.9 Å². The van der Waals surface area contributed by atoms with Crippen molar-refractivity contribution in [1.29, 1.82) is 0 Å². The maximum atomic E-state index is 11.8. The summed E-state index contributed by atoms with van der Waals surface area (Å²) in [5.41, 5.74) is -0.0556. The number of hydrogen-bond acceptors (Lipinski definition) is 4. The molecular formula is C30H52O4. The van der Waals surface area contributed by atoms with Crippen LogP contribution in [-0.4, -0.2) is 44.3 Å². The van der Waals surface area contributed by atoms with Gasteiger partial charge in [-0.15, -0.1) is 0 Å². The fourth-order valence-corrected chi connectivity index (χ4v) is 10.3. The van der Waals surface area contributed by atoms with E-state index in [0.717, 1.165) is 50.5 Å². The molecule has 34 heavy (non-hydrogen) atoms. The largest absolute Gasteiger partial charge is 0.393 e. The van der Waals surface area contributed by atoms with Crippen LogP contribution in [0.25, 0.3) is 0 Å². The van der Waals surface area contributed by atoms with E-state index < -0.39 is 17.8 Å². The number of rotatable bonds is 5. The number of aliphatic hydroxyl groups is 4. The van der Waals surface area contributed by atoms with Crippen LogP contribution in [0, 0.1) is 45.3 Å². The molecule has 4 nitrogen and oxygen atoms in total. The Morgan fingerprint density at radius 3 is 2.21 bits per heavy atom. The third-order valence-electron chi connectivity index (χ3n) is 12.7. The van der Waals surface area contributed by atoms with E-state index >= 15 is 0 Å². The van der Waals surface area contributed by atoms with Crippen LogP contribution in [-0.2, 0) is 0 Å². The summed E-state index contributed by atoms with van der Waals surface area (Å²) in [6, 6.07) is 0. The van der Waals surface area contributed by atoms with Gasteiger partial charge in [0.15, 0.2) is 0 Å². The van der Waals surface area contributed by atoms with Crippen molar-refractivity contribution in [1.82, 2.24) is 0 Å². The van der Waals surface area contributed by atoms with Crippen molar-refractivity contribution in [3.05, 3.63) is 12.2 Å². The molecule has 11 atom stereocenters. The van der Waals surface area contributed by atoms with E-state index in [4.69, 9.17) is 0 Å². The number of aliphatic hydroxyl groups excluding tert-OH is 3. The minimum atomic E-state index is -0.916. The highest BCUT2D eigenvalue weighted by Gasteiger charge is 2.71. The van der Waals surface area contributed by atoms with E-state index in [1.54, 1.807) is 0 Å². The SMILES string of the molecule is C=C(C)C(O)CC[C@](C)(O)[C@H]1CC[C@@]2(C)[C@@H]1[C@H](O)C[C@@H]1[C@@]3(C)CC[C@@H](O)C(C)(C)C3CC[C@]12C. The van der Waals surface area contributed by atoms with E-state index in [2.05, 4.69) is 41.2 Å². The summed E-state index contributed by atoms with van der Waals surface area (Å²) in [5.74, 6) is 1.01. The van der Waals surface area contributed by atoms with Crippen LogP contribution in [0.4, 0.5) is 0 Å². The summed E-state index contributed by atoms with van der Waals surface area (Å²) in [6.07, 6.45) is 6.72. The van der Waals surface area contributed by atoms with Crippen molar-refractivity contribution in [3.63, 3.8) is 0 Å². The average Bonchev–Trinajstić information content (AvgIpc) is 3.12. The van der Waals surface area contributed by atoms with Gasteiger partial charge in [0, 0.05) is 0 Å². The first-order valence-electron chi connectivity index (χ1n) is 13.9. The molecule has 0 spiro atoms. The van der Waals surface area contributed by atoms with Gasteiger partial charge in [-0.3, -0.25) is 0 Å². The predicted octanol–water partition coefficient (Wildman–Crippen LogP) is 5.47. The molecule has 0 amide bonds. The van der Waals surface area contributed by atoms with Gasteiger partial charge in [0.25, 0.3) is 0 Å². The Kier molecular flexibility index (Phi) is 6.50. The van der Waals surface area contributed by atoms with Crippen LogP contribution < -0.4 is 0 Å². The number of hydrogen-bond donors (Lipinski definition) is 4. The van der Waals surface area contributed by atoms with E-state index in [-0.39, 0.29) is 39.6 Å². The van der Waals surface area contributed by atoms with Gasteiger partial charge in [0.05, 0.1) is 23.9 Å². The fourth-order valence-electron chi connectivity index (χ4n) is 10.3. The summed E-state index contributed by atoms with van der Waals surface area (Å²) >= 11 is 0. The van der Waals surface area contributed by atoms with Crippen LogP contribution in [0.3, 0.4) is 0 Å². The molecule has 4 fully saturated rings. The summed E-state index contributed by atoms with van der Waals surface area (Å²) in [4.78, 5) is 0. The first-order chi connectivity index (χ1) is 15.5. The Balaban J connectivity index is 1.64. The molecule has 0 saturated heterocycles. The zero-order valence-corrected chi connectivity index (χ0v) is 22.9. The van der Waals surface area contributed by atoms with Crippen molar-refractivity contribution < 1.29 is 20.4 Å². The van der Waals surface area contributed by atoms with Crippen LogP contribution >= 0.6 is 0 Å². The lowest BCUT2D eigenvalue weighted by Crippen LogP contribution is -2.66. The molecule has 4 aliphatic rings. The average molecular weight is 477 g/mol. The second-order valence-corrected chi connectivity index (χ2v) is 14.6. The smallest absolute Gasteiger partial charge is 0.0745 e. The minimum absolute atomic E-state index is 0.0227. The minimum Gasteiger partial charge on any atom is -0.393 e. The van der Waals surface area contributed by atoms with Crippen molar-refractivity contribution in [2.45, 2.75) is 130 Å². The lowest BCUT2D eigenvalue weighted by atomic mass is 9.35. The van der Waals surface area contributed by atoms with E-state index in [9.17, 15) is 20.4 Å². The van der Waals surface area contributed by atoms with Gasteiger partial charge >= 0.3 is 0 Å². The fraction of sp³-hybridized carbons (Fsp3) is 0.933. The second-order valence-electron chi connectivity index (χ2n) is 14.6. The van der Waals surface area contributed by atoms with Crippen LogP contribution in [0.2, 0.25) is 0 Å². The van der Waals surface area contributed by atoms with Gasteiger partial charge in [0.2, 0.25) is 0 Å². The first-order valence-corrected chi connectivity index (χ1v) is 13.9. The molecule has 0 aromatic carbocycles. The Bertz CT molecular complexity index is 804. The molecule has 0 radical (unpaired) electrons. The van der Waals surface area contributed by atoms with Crippen molar-refractivity contribution in [3.8, 4) is 0 Å². The summed E-state index contributed by atoms with van der Waals surface area (Å²) in [5, 5.41) is 44.5. The molecule has 4 saturated carbocycles. The van der Waals surface area contributed by atoms with Crippen molar-refractivity contribution >= 4 is 0 Å². The molecule has 4 N–H and O–H groups in total. The van der Waals surface area contributed by atoms with E-state index in [0.29, 0.717) is 24.7 Å². The van der Waals surface area contributed by atoms with Crippen LogP contribution in [0.5, 0.6) is 0 Å². The molecule has 4 rings (SSSR count). The van der Waals surface area contributed by atoms with Crippen LogP contribution in [0.15, 0.2) is 12.2 Å². The third-order valence-corrected chi connectivity index (χ3v) is 12.7. The molecule has 4 heteroatoms. The molecule has 0 aromatic rings. The van der Waals surface area contributed by atoms with Gasteiger partial charge in [-0.05, 0) is 117 Å². The maximum absolute atomic E-state index is 11.8. The molecule has 0 aromatic heterocycles. The molecule has 0 heterocycles. The Hall–Kier alpha value is -0.420. The maximum Gasteiger partial charge on any atom is 0.0745 e. The second kappa shape index (κ2) is 8.30. The van der Waals surface area contributed by atoms with Gasteiger partial charge in [0.1, 0.15) is 0 Å². The summed E-state index contributed by atoms with van der Waals surface area (Å²) < 4.78 is 0. The molecule has 2 unspecified atom stereocenters. The highest BCUT2D eigenvalue weighted by Crippen LogP contribution is 2.75. The zero-order chi connectivity index (χ0) is 25.5. The standard InChI is InChI=1S/C30H52O4/c1-18(2)20(31)10-16-30(8,34)19-9-14-29(7)25(19)21(32)17-23-27(5)13-12-24(33)26(3,4)22(27)11-15-28(23,29)6/h19-25,31-34H,1,9-17H2,2-8H3/t19-,20?,21+,22?,23+,24+,25-,27-,28+,29-,30-/m0/s1. The predicted molar refractivity (Wildman–Crippen MR) is 137 cm³/mol. The van der Waals surface area contributed by atoms with Gasteiger partial charge in [-0.1, -0.05) is 46.8 Å². The Labute approximate surface area is 208 Å². The van der Waals surface area contributed by atoms with E-state index in [1.165, 1.54) is 0 Å². The van der Waals surface area contributed by atoms with Gasteiger partial charge < -0.3 is 20.4 Å². The van der Waals surface area contributed by atoms with Crippen LogP contribution in [0.1, 0.15) is 106 Å². The van der Waals surface area contributed by atoms with Gasteiger partial charge in [-0.2, -0.15) is 0 Å². The molecule has 0 bridgehead atoms. The lowest BCUT2D eigenvalue weighted by Gasteiger charge is -2.70. The number of fused-ring (bicyclic) bond motifs is 5. The summed E-state index contributed by atoms with van der Waals surface area (Å²) in [7, 11) is 0. The highest BCUT2D eigenvalue weighted by atomic mass is 16.3. The normalized spacial score (nSPS) is 50.4. The summed E-state index contributed by atoms with van der Waals surface area (Å²) in [6.45, 7) is 19.5. The van der Waals surface area contributed by atoms with Gasteiger partial charge in [-0.25, -0.2) is 0 Å². The van der Waals surface area contributed by atoms with Crippen molar-refractivity contribution in [2.24, 2.45) is 45.3 Å². The third kappa shape index (κ3) is 3.60. The Morgan fingerprint density at radius 2 is 1.59 bits per heavy atom. The lowest BCUT2D eigenvalue weighted by molar-refractivity contribution is -0.246. The quantitative estimate of drug-likeness (QED) is 0.397. The van der Waals surface area contributed by atoms with E-state index in [1.807, 2.05) is 13.8 Å². The highest BCUT2D eigenvalue weighted by molar-refractivity contribution is 5.20.